The average molecular weight is 479 g/mol. The number of para-hydroxylation sites is 1. The van der Waals surface area contributed by atoms with Crippen molar-refractivity contribution in [3.63, 3.8) is 0 Å². The molecule has 0 radical (unpaired) electrons. The first kappa shape index (κ1) is 22.2. The van der Waals surface area contributed by atoms with E-state index < -0.39 is 11.7 Å². The van der Waals surface area contributed by atoms with E-state index in [0.29, 0.717) is 24.8 Å². The molecule has 1 aliphatic rings. The maximum Gasteiger partial charge on any atom is 0.254 e. The lowest BCUT2D eigenvalue weighted by molar-refractivity contribution is 0.0694. The predicted molar refractivity (Wildman–Crippen MR) is 130 cm³/mol. The highest BCUT2D eigenvalue weighted by Gasteiger charge is 2.20. The number of benzene rings is 2. The number of thiophene rings is 1. The Morgan fingerprint density at radius 2 is 2.00 bits per heavy atom. The Labute approximate surface area is 200 Å². The van der Waals surface area contributed by atoms with Gasteiger partial charge in [-0.3, -0.25) is 4.79 Å². The highest BCUT2D eigenvalue weighted by atomic mass is 32.1. The van der Waals surface area contributed by atoms with Gasteiger partial charge in [0, 0.05) is 41.4 Å². The van der Waals surface area contributed by atoms with Crippen molar-refractivity contribution in [1.29, 1.82) is 0 Å². The molecular weight excluding hydrogens is 455 g/mol. The summed E-state index contributed by atoms with van der Waals surface area (Å²) in [6.45, 7) is 1.20. The zero-order valence-electron chi connectivity index (χ0n) is 18.5. The van der Waals surface area contributed by atoms with E-state index in [1.165, 1.54) is 12.1 Å². The Morgan fingerprint density at radius 1 is 1.18 bits per heavy atom. The molecule has 1 fully saturated rings. The van der Waals surface area contributed by atoms with E-state index in [1.807, 2.05) is 29.6 Å². The van der Waals surface area contributed by atoms with Gasteiger partial charge in [0.1, 0.15) is 11.6 Å². The third-order valence-corrected chi connectivity index (χ3v) is 6.64. The minimum Gasteiger partial charge on any atom is -0.496 e. The van der Waals surface area contributed by atoms with Gasteiger partial charge < -0.3 is 20.1 Å². The maximum absolute atomic E-state index is 14.8. The van der Waals surface area contributed by atoms with Crippen LogP contribution in [0.5, 0.6) is 5.75 Å². The molecule has 4 aromatic rings. The van der Waals surface area contributed by atoms with E-state index in [1.54, 1.807) is 30.7 Å². The van der Waals surface area contributed by atoms with Crippen LogP contribution in [-0.4, -0.2) is 42.2 Å². The van der Waals surface area contributed by atoms with Crippen molar-refractivity contribution < 1.29 is 18.7 Å². The SMILES string of the molecule is COc1ccccc1-c1csc2cnc(Nc3ccc(C(=O)NC4CCOCC4)c(F)c3)nc12. The number of anilines is 2. The van der Waals surface area contributed by atoms with Gasteiger partial charge >= 0.3 is 0 Å². The van der Waals surface area contributed by atoms with Crippen LogP contribution < -0.4 is 15.4 Å². The number of ether oxygens (including phenoxy) is 2. The normalized spacial score (nSPS) is 14.2. The molecule has 5 rings (SSSR count). The molecule has 9 heteroatoms. The largest absolute Gasteiger partial charge is 0.496 e. The number of fused-ring (bicyclic) bond motifs is 1. The van der Waals surface area contributed by atoms with Crippen molar-refractivity contribution in [2.75, 3.05) is 25.6 Å². The van der Waals surface area contributed by atoms with Crippen LogP contribution in [0, 0.1) is 5.82 Å². The first-order valence-electron chi connectivity index (χ1n) is 10.9. The highest BCUT2D eigenvalue weighted by Crippen LogP contribution is 2.37. The van der Waals surface area contributed by atoms with E-state index >= 15 is 0 Å². The molecule has 1 amide bonds. The first-order chi connectivity index (χ1) is 16.6. The molecule has 34 heavy (non-hydrogen) atoms. The second-order valence-corrected chi connectivity index (χ2v) is 8.85. The lowest BCUT2D eigenvalue weighted by Crippen LogP contribution is -2.39. The number of halogens is 1. The molecule has 0 unspecified atom stereocenters. The third-order valence-electron chi connectivity index (χ3n) is 5.74. The highest BCUT2D eigenvalue weighted by molar-refractivity contribution is 7.17. The van der Waals surface area contributed by atoms with E-state index in [4.69, 9.17) is 9.47 Å². The maximum atomic E-state index is 14.8. The number of rotatable bonds is 6. The topological polar surface area (TPSA) is 85.4 Å². The number of nitrogens with zero attached hydrogens (tertiary/aromatic N) is 2. The molecule has 0 bridgehead atoms. The van der Waals surface area contributed by atoms with Gasteiger partial charge in [-0.15, -0.1) is 11.3 Å². The zero-order chi connectivity index (χ0) is 23.5. The number of hydrogen-bond donors (Lipinski definition) is 2. The quantitative estimate of drug-likeness (QED) is 0.398. The second-order valence-electron chi connectivity index (χ2n) is 7.94. The fraction of sp³-hybridized carbons (Fsp3) is 0.240. The smallest absolute Gasteiger partial charge is 0.254 e. The van der Waals surface area contributed by atoms with Crippen molar-refractivity contribution in [1.82, 2.24) is 15.3 Å². The molecule has 2 N–H and O–H groups in total. The molecule has 3 heterocycles. The van der Waals surface area contributed by atoms with Crippen LogP contribution in [-0.2, 0) is 4.74 Å². The van der Waals surface area contributed by atoms with E-state index in [9.17, 15) is 9.18 Å². The molecule has 0 spiro atoms. The van der Waals surface area contributed by atoms with E-state index in [0.717, 1.165) is 39.9 Å². The Hall–Kier alpha value is -3.56. The third kappa shape index (κ3) is 4.57. The molecule has 7 nitrogen and oxygen atoms in total. The molecule has 1 aliphatic heterocycles. The van der Waals surface area contributed by atoms with Gasteiger partial charge in [-0.1, -0.05) is 18.2 Å². The fourth-order valence-corrected chi connectivity index (χ4v) is 4.82. The monoisotopic (exact) mass is 478 g/mol. The van der Waals surface area contributed by atoms with Gasteiger partial charge in [0.25, 0.3) is 5.91 Å². The summed E-state index contributed by atoms with van der Waals surface area (Å²) in [5.74, 6) is 0.0575. The van der Waals surface area contributed by atoms with E-state index in [-0.39, 0.29) is 11.6 Å². The molecule has 1 saturated heterocycles. The van der Waals surface area contributed by atoms with Crippen molar-refractivity contribution in [2.45, 2.75) is 18.9 Å². The van der Waals surface area contributed by atoms with Crippen molar-refractivity contribution in [3.8, 4) is 16.9 Å². The van der Waals surface area contributed by atoms with Gasteiger partial charge in [-0.05, 0) is 37.1 Å². The van der Waals surface area contributed by atoms with Crippen LogP contribution in [0.1, 0.15) is 23.2 Å². The van der Waals surface area contributed by atoms with Crippen LogP contribution in [0.25, 0.3) is 21.3 Å². The molecule has 0 atom stereocenters. The number of amides is 1. The van der Waals surface area contributed by atoms with Gasteiger partial charge in [0.15, 0.2) is 0 Å². The summed E-state index contributed by atoms with van der Waals surface area (Å²) in [5, 5.41) is 7.95. The number of carbonyl (C=O) groups excluding carboxylic acids is 1. The van der Waals surface area contributed by atoms with Crippen molar-refractivity contribution in [3.05, 3.63) is 65.4 Å². The van der Waals surface area contributed by atoms with Crippen molar-refractivity contribution >= 4 is 39.1 Å². The number of hydrogen-bond acceptors (Lipinski definition) is 7. The number of carbonyl (C=O) groups is 1. The van der Waals surface area contributed by atoms with Crippen LogP contribution in [0.15, 0.2) is 54.0 Å². The molecule has 0 aliphatic carbocycles. The molecule has 174 valence electrons. The summed E-state index contributed by atoms with van der Waals surface area (Å²) in [7, 11) is 1.64. The van der Waals surface area contributed by atoms with Crippen LogP contribution in [0.2, 0.25) is 0 Å². The fourth-order valence-electron chi connectivity index (χ4n) is 3.96. The first-order valence-corrected chi connectivity index (χ1v) is 11.8. The molecule has 2 aromatic heterocycles. The minimum atomic E-state index is -0.610. The van der Waals surface area contributed by atoms with Crippen LogP contribution in [0.4, 0.5) is 16.0 Å². The standard InChI is InChI=1S/C25H23FN4O3S/c1-32-21-5-3-2-4-17(21)19-14-34-22-13-27-25(30-23(19)22)29-16-6-7-18(20(26)12-16)24(31)28-15-8-10-33-11-9-15/h2-7,12-15H,8-11H2,1H3,(H,28,31)(H,27,29,30). The van der Waals surface area contributed by atoms with Gasteiger partial charge in [0.2, 0.25) is 5.95 Å². The van der Waals surface area contributed by atoms with Crippen LogP contribution >= 0.6 is 11.3 Å². The Kier molecular flexibility index (Phi) is 6.37. The minimum absolute atomic E-state index is 0.00150. The van der Waals surface area contributed by atoms with Crippen molar-refractivity contribution in [2.24, 2.45) is 0 Å². The summed E-state index contributed by atoms with van der Waals surface area (Å²) < 4.78 is 26.5. The summed E-state index contributed by atoms with van der Waals surface area (Å²) in [5.41, 5.74) is 3.11. The van der Waals surface area contributed by atoms with Gasteiger partial charge in [-0.25, -0.2) is 14.4 Å². The number of nitrogens with one attached hydrogen (secondary N) is 2. The van der Waals surface area contributed by atoms with Crippen LogP contribution in [0.3, 0.4) is 0 Å². The lowest BCUT2D eigenvalue weighted by atomic mass is 10.1. The second kappa shape index (κ2) is 9.74. The Bertz CT molecular complexity index is 1340. The summed E-state index contributed by atoms with van der Waals surface area (Å²) in [4.78, 5) is 21.5. The number of aromatic nitrogens is 2. The number of methoxy groups -OCH3 is 1. The Morgan fingerprint density at radius 3 is 2.79 bits per heavy atom. The summed E-state index contributed by atoms with van der Waals surface area (Å²) >= 11 is 1.54. The van der Waals surface area contributed by atoms with Gasteiger partial charge in [-0.2, -0.15) is 0 Å². The lowest BCUT2D eigenvalue weighted by Gasteiger charge is -2.23. The molecular formula is C25H23FN4O3S. The zero-order valence-corrected chi connectivity index (χ0v) is 19.3. The van der Waals surface area contributed by atoms with E-state index in [2.05, 4.69) is 20.6 Å². The van der Waals surface area contributed by atoms with Gasteiger partial charge in [0.05, 0.1) is 29.1 Å². The predicted octanol–water partition coefficient (Wildman–Crippen LogP) is 5.16. The Balaban J connectivity index is 1.37. The summed E-state index contributed by atoms with van der Waals surface area (Å²) in [6.07, 6.45) is 3.19. The molecule has 2 aromatic carbocycles. The average Bonchev–Trinajstić information content (AvgIpc) is 3.27. The summed E-state index contributed by atoms with van der Waals surface area (Å²) in [6, 6.07) is 12.1. The molecule has 0 saturated carbocycles.